The van der Waals surface area contributed by atoms with Crippen molar-refractivity contribution in [2.45, 2.75) is 26.4 Å². The van der Waals surface area contributed by atoms with Crippen LogP contribution in [0.2, 0.25) is 0 Å². The number of benzene rings is 1. The van der Waals surface area contributed by atoms with Crippen LogP contribution in [0.5, 0.6) is 0 Å². The van der Waals surface area contributed by atoms with Gasteiger partial charge in [0.15, 0.2) is 5.82 Å². The fourth-order valence-electron chi connectivity index (χ4n) is 2.02. The summed E-state index contributed by atoms with van der Waals surface area (Å²) in [4.78, 5) is 8.77. The Kier molecular flexibility index (Phi) is 3.43. The molecule has 0 aliphatic carbocycles. The van der Waals surface area contributed by atoms with Crippen molar-refractivity contribution < 1.29 is 4.52 Å². The normalized spacial score (nSPS) is 11.3. The second-order valence-corrected chi connectivity index (χ2v) is 4.93. The Bertz CT molecular complexity index is 715. The molecule has 0 amide bonds. The first-order chi connectivity index (χ1) is 9.74. The van der Waals surface area contributed by atoms with E-state index >= 15 is 0 Å². The van der Waals surface area contributed by atoms with Gasteiger partial charge in [-0.05, 0) is 18.2 Å². The first-order valence-corrected chi connectivity index (χ1v) is 6.64. The highest BCUT2D eigenvalue weighted by atomic mass is 16.5. The molecule has 0 bridgehead atoms. The molecule has 1 aromatic carbocycles. The van der Waals surface area contributed by atoms with E-state index in [4.69, 9.17) is 4.52 Å². The zero-order valence-corrected chi connectivity index (χ0v) is 11.5. The first kappa shape index (κ1) is 12.7. The number of pyridine rings is 1. The number of hydrogen-bond acceptors (Lipinski definition) is 5. The molecule has 3 aromatic rings. The predicted octanol–water partition coefficient (Wildman–Crippen LogP) is 2.78. The van der Waals surface area contributed by atoms with Gasteiger partial charge in [0.25, 0.3) is 5.89 Å². The highest BCUT2D eigenvalue weighted by Crippen LogP contribution is 2.25. The lowest BCUT2D eigenvalue weighted by Gasteiger charge is -2.03. The summed E-state index contributed by atoms with van der Waals surface area (Å²) >= 11 is 0. The summed E-state index contributed by atoms with van der Waals surface area (Å²) in [6, 6.07) is 10.2. The van der Waals surface area contributed by atoms with Crippen LogP contribution < -0.4 is 5.32 Å². The highest BCUT2D eigenvalue weighted by Gasteiger charge is 2.12. The van der Waals surface area contributed by atoms with Gasteiger partial charge in [0.1, 0.15) is 0 Å². The molecule has 1 N–H and O–H groups in total. The molecule has 2 heterocycles. The molecule has 0 fully saturated rings. The predicted molar refractivity (Wildman–Crippen MR) is 77.0 cm³/mol. The molecule has 0 saturated heterocycles. The van der Waals surface area contributed by atoms with Crippen molar-refractivity contribution in [1.82, 2.24) is 20.4 Å². The van der Waals surface area contributed by atoms with Gasteiger partial charge in [-0.1, -0.05) is 31.1 Å². The van der Waals surface area contributed by atoms with Gasteiger partial charge in [-0.15, -0.1) is 0 Å². The van der Waals surface area contributed by atoms with E-state index in [9.17, 15) is 0 Å². The summed E-state index contributed by atoms with van der Waals surface area (Å²) in [6.45, 7) is 4.76. The lowest BCUT2D eigenvalue weighted by molar-refractivity contribution is 0.417. The fourth-order valence-corrected chi connectivity index (χ4v) is 2.02. The van der Waals surface area contributed by atoms with Gasteiger partial charge in [0.2, 0.25) is 0 Å². The van der Waals surface area contributed by atoms with Crippen molar-refractivity contribution in [2.75, 3.05) is 0 Å². The van der Waals surface area contributed by atoms with E-state index in [0.29, 0.717) is 24.3 Å². The zero-order valence-electron chi connectivity index (χ0n) is 11.5. The maximum atomic E-state index is 5.36. The van der Waals surface area contributed by atoms with Gasteiger partial charge in [0, 0.05) is 23.2 Å². The van der Waals surface area contributed by atoms with Gasteiger partial charge in [-0.3, -0.25) is 4.98 Å². The van der Waals surface area contributed by atoms with Crippen molar-refractivity contribution in [3.8, 4) is 11.5 Å². The quantitative estimate of drug-likeness (QED) is 0.788. The van der Waals surface area contributed by atoms with Gasteiger partial charge in [-0.25, -0.2) is 0 Å². The van der Waals surface area contributed by atoms with Gasteiger partial charge in [0.05, 0.1) is 12.1 Å². The van der Waals surface area contributed by atoms with Crippen LogP contribution in [0.1, 0.15) is 19.7 Å². The standard InChI is InChI=1S/C15H16N4O/c1-10(2)17-9-14-18-15(20-19-14)12-5-3-7-13-11(12)6-4-8-16-13/h3-8,10,17H,9H2,1-2H3. The number of fused-ring (bicyclic) bond motifs is 1. The third kappa shape index (κ3) is 2.53. The number of nitrogens with zero attached hydrogens (tertiary/aromatic N) is 3. The third-order valence-corrected chi connectivity index (χ3v) is 3.01. The molecule has 5 heteroatoms. The van der Waals surface area contributed by atoms with Crippen molar-refractivity contribution in [1.29, 1.82) is 0 Å². The minimum absolute atomic E-state index is 0.388. The minimum Gasteiger partial charge on any atom is -0.334 e. The third-order valence-electron chi connectivity index (χ3n) is 3.01. The molecule has 20 heavy (non-hydrogen) atoms. The van der Waals surface area contributed by atoms with Crippen LogP contribution in [0.25, 0.3) is 22.4 Å². The van der Waals surface area contributed by atoms with E-state index in [-0.39, 0.29) is 0 Å². The van der Waals surface area contributed by atoms with Crippen LogP contribution in [0.15, 0.2) is 41.1 Å². The van der Waals surface area contributed by atoms with Gasteiger partial charge in [-0.2, -0.15) is 4.98 Å². The molecule has 0 aliphatic heterocycles. The van der Waals surface area contributed by atoms with Crippen LogP contribution in [0.4, 0.5) is 0 Å². The van der Waals surface area contributed by atoms with Crippen molar-refractivity contribution in [3.63, 3.8) is 0 Å². The molecule has 0 unspecified atom stereocenters. The van der Waals surface area contributed by atoms with Gasteiger partial charge >= 0.3 is 0 Å². The molecular formula is C15H16N4O. The van der Waals surface area contributed by atoms with Crippen molar-refractivity contribution >= 4 is 10.9 Å². The summed E-state index contributed by atoms with van der Waals surface area (Å²) in [5.74, 6) is 1.19. The molecule has 0 saturated carbocycles. The summed E-state index contributed by atoms with van der Waals surface area (Å²) in [5, 5.41) is 8.28. The molecule has 0 atom stereocenters. The van der Waals surface area contributed by atoms with Crippen LogP contribution in [-0.2, 0) is 6.54 Å². The lowest BCUT2D eigenvalue weighted by atomic mass is 10.1. The monoisotopic (exact) mass is 268 g/mol. The van der Waals surface area contributed by atoms with Crippen LogP contribution in [-0.4, -0.2) is 21.2 Å². The maximum absolute atomic E-state index is 5.36. The molecule has 0 radical (unpaired) electrons. The first-order valence-electron chi connectivity index (χ1n) is 6.64. The zero-order chi connectivity index (χ0) is 13.9. The topological polar surface area (TPSA) is 63.8 Å². The fraction of sp³-hybridized carbons (Fsp3) is 0.267. The van der Waals surface area contributed by atoms with E-state index in [0.717, 1.165) is 16.5 Å². The Hall–Kier alpha value is -2.27. The second-order valence-electron chi connectivity index (χ2n) is 4.93. The summed E-state index contributed by atoms with van der Waals surface area (Å²) in [5.41, 5.74) is 1.84. The minimum atomic E-state index is 0.388. The molecular weight excluding hydrogens is 252 g/mol. The number of rotatable bonds is 4. The Morgan fingerprint density at radius 2 is 2.10 bits per heavy atom. The Labute approximate surface area is 117 Å². The SMILES string of the molecule is CC(C)NCc1noc(-c2cccc3ncccc23)n1. The lowest BCUT2D eigenvalue weighted by Crippen LogP contribution is -2.22. The van der Waals surface area contributed by atoms with E-state index in [1.807, 2.05) is 30.3 Å². The second kappa shape index (κ2) is 5.38. The number of hydrogen-bond donors (Lipinski definition) is 1. The van der Waals surface area contributed by atoms with Crippen LogP contribution in [0.3, 0.4) is 0 Å². The van der Waals surface area contributed by atoms with Gasteiger partial charge < -0.3 is 9.84 Å². The molecule has 3 rings (SSSR count). The molecule has 102 valence electrons. The number of aromatic nitrogens is 3. The Balaban J connectivity index is 1.95. The molecule has 2 aromatic heterocycles. The van der Waals surface area contributed by atoms with Crippen molar-refractivity contribution in [3.05, 3.63) is 42.4 Å². The van der Waals surface area contributed by atoms with E-state index < -0.39 is 0 Å². The molecule has 0 aliphatic rings. The van der Waals surface area contributed by atoms with Crippen molar-refractivity contribution in [2.24, 2.45) is 0 Å². The highest BCUT2D eigenvalue weighted by molar-refractivity contribution is 5.92. The Morgan fingerprint density at radius 1 is 1.20 bits per heavy atom. The van der Waals surface area contributed by atoms with E-state index in [1.165, 1.54) is 0 Å². The average molecular weight is 268 g/mol. The largest absolute Gasteiger partial charge is 0.334 e. The summed E-state index contributed by atoms with van der Waals surface area (Å²) in [7, 11) is 0. The smallest absolute Gasteiger partial charge is 0.258 e. The van der Waals surface area contributed by atoms with Crippen LogP contribution in [0, 0.1) is 0 Å². The maximum Gasteiger partial charge on any atom is 0.258 e. The van der Waals surface area contributed by atoms with E-state index in [1.54, 1.807) is 6.20 Å². The van der Waals surface area contributed by atoms with Crippen LogP contribution >= 0.6 is 0 Å². The Morgan fingerprint density at radius 3 is 2.95 bits per heavy atom. The summed E-state index contributed by atoms with van der Waals surface area (Å²) in [6.07, 6.45) is 1.78. The molecule has 0 spiro atoms. The average Bonchev–Trinajstić information content (AvgIpc) is 2.93. The molecule has 5 nitrogen and oxygen atoms in total. The number of nitrogens with one attached hydrogen (secondary N) is 1. The summed E-state index contributed by atoms with van der Waals surface area (Å²) < 4.78 is 5.36. The van der Waals surface area contributed by atoms with E-state index in [2.05, 4.69) is 34.3 Å².